The molecule has 0 aliphatic heterocycles. The van der Waals surface area contributed by atoms with Crippen molar-refractivity contribution < 1.29 is 0 Å². The zero-order valence-electron chi connectivity index (χ0n) is 6.93. The number of rotatable bonds is 2. The van der Waals surface area contributed by atoms with Crippen molar-refractivity contribution in [2.45, 2.75) is 33.1 Å². The third-order valence-electron chi connectivity index (χ3n) is 1.96. The van der Waals surface area contributed by atoms with E-state index in [4.69, 9.17) is 0 Å². The molecule has 1 aliphatic carbocycles. The lowest BCUT2D eigenvalue weighted by atomic mass is 10.0. The fraction of sp³-hybridized carbons (Fsp3) is 0.600. The summed E-state index contributed by atoms with van der Waals surface area (Å²) in [6.07, 6.45) is 10.8. The first-order chi connectivity index (χ1) is 4.79. The van der Waals surface area contributed by atoms with Crippen molar-refractivity contribution in [3.63, 3.8) is 0 Å². The second-order valence-corrected chi connectivity index (χ2v) is 3.33. The van der Waals surface area contributed by atoms with Gasteiger partial charge in [0.15, 0.2) is 0 Å². The molecule has 0 saturated heterocycles. The van der Waals surface area contributed by atoms with Crippen molar-refractivity contribution in [3.8, 4) is 0 Å². The first kappa shape index (κ1) is 7.59. The van der Waals surface area contributed by atoms with Gasteiger partial charge in [-0.1, -0.05) is 23.8 Å². The monoisotopic (exact) mass is 136 g/mol. The van der Waals surface area contributed by atoms with Crippen molar-refractivity contribution in [2.24, 2.45) is 5.92 Å². The Morgan fingerprint density at radius 1 is 1.40 bits per heavy atom. The number of hydrogen-bond donors (Lipinski definition) is 0. The lowest BCUT2D eigenvalue weighted by Crippen LogP contribution is -1.90. The molecule has 0 N–H and O–H groups in total. The molecule has 0 radical (unpaired) electrons. The predicted molar refractivity (Wildman–Crippen MR) is 45.9 cm³/mol. The van der Waals surface area contributed by atoms with E-state index in [2.05, 4.69) is 32.1 Å². The molecule has 10 heavy (non-hydrogen) atoms. The minimum absolute atomic E-state index is 0.912. The van der Waals surface area contributed by atoms with Crippen molar-refractivity contribution in [3.05, 3.63) is 23.8 Å². The smallest absolute Gasteiger partial charge is 0.0310 e. The number of allylic oxidation sites excluding steroid dienone is 4. The summed E-state index contributed by atoms with van der Waals surface area (Å²) in [6.45, 7) is 4.34. The van der Waals surface area contributed by atoms with Crippen LogP contribution in [-0.2, 0) is 0 Å². The molecule has 0 aromatic heterocycles. The Hall–Kier alpha value is -0.520. The summed E-state index contributed by atoms with van der Waals surface area (Å²) in [6, 6.07) is 0. The van der Waals surface area contributed by atoms with E-state index in [-0.39, 0.29) is 0 Å². The van der Waals surface area contributed by atoms with Crippen molar-refractivity contribution in [2.75, 3.05) is 0 Å². The molecule has 1 aliphatic rings. The maximum Gasteiger partial charge on any atom is -0.0310 e. The van der Waals surface area contributed by atoms with Gasteiger partial charge >= 0.3 is 0 Å². The molecule has 0 fully saturated rings. The zero-order valence-corrected chi connectivity index (χ0v) is 6.93. The van der Waals surface area contributed by atoms with Gasteiger partial charge in [-0.2, -0.15) is 0 Å². The van der Waals surface area contributed by atoms with E-state index >= 15 is 0 Å². The molecule has 0 spiro atoms. The fourth-order valence-corrected chi connectivity index (χ4v) is 1.27. The first-order valence-electron chi connectivity index (χ1n) is 4.07. The van der Waals surface area contributed by atoms with Crippen LogP contribution < -0.4 is 0 Å². The van der Waals surface area contributed by atoms with Gasteiger partial charge in [-0.05, 0) is 39.0 Å². The van der Waals surface area contributed by atoms with E-state index in [0.717, 1.165) is 5.92 Å². The van der Waals surface area contributed by atoms with Crippen LogP contribution in [0.25, 0.3) is 0 Å². The molecule has 0 heterocycles. The standard InChI is InChI=1S/C10H16/c1-9(2)7-8-10-5-3-4-6-10/h3-4,7,10H,5-6,8H2,1-2H3. The highest BCUT2D eigenvalue weighted by atomic mass is 14.1. The Balaban J connectivity index is 2.21. The zero-order chi connectivity index (χ0) is 7.40. The predicted octanol–water partition coefficient (Wildman–Crippen LogP) is 3.31. The van der Waals surface area contributed by atoms with Gasteiger partial charge in [-0.25, -0.2) is 0 Å². The van der Waals surface area contributed by atoms with E-state index in [1.807, 2.05) is 0 Å². The highest BCUT2D eigenvalue weighted by Gasteiger charge is 2.06. The Labute approximate surface area is 63.6 Å². The van der Waals surface area contributed by atoms with Crippen LogP contribution in [-0.4, -0.2) is 0 Å². The molecule has 0 aromatic rings. The first-order valence-corrected chi connectivity index (χ1v) is 4.07. The van der Waals surface area contributed by atoms with Gasteiger partial charge in [0.25, 0.3) is 0 Å². The maximum atomic E-state index is 2.34. The van der Waals surface area contributed by atoms with Crippen molar-refractivity contribution in [1.82, 2.24) is 0 Å². The van der Waals surface area contributed by atoms with Crippen LogP contribution in [0.4, 0.5) is 0 Å². The van der Waals surface area contributed by atoms with E-state index < -0.39 is 0 Å². The summed E-state index contributed by atoms with van der Waals surface area (Å²) in [7, 11) is 0. The molecule has 1 rings (SSSR count). The third-order valence-corrected chi connectivity index (χ3v) is 1.96. The van der Waals surface area contributed by atoms with Gasteiger partial charge in [-0.15, -0.1) is 0 Å². The minimum atomic E-state index is 0.912. The van der Waals surface area contributed by atoms with Crippen LogP contribution in [0.15, 0.2) is 23.8 Å². The van der Waals surface area contributed by atoms with Crippen LogP contribution in [0.1, 0.15) is 33.1 Å². The van der Waals surface area contributed by atoms with Crippen LogP contribution in [0, 0.1) is 5.92 Å². The lowest BCUT2D eigenvalue weighted by Gasteiger charge is -2.03. The largest absolute Gasteiger partial charge is 0.0882 e. The van der Waals surface area contributed by atoms with Gasteiger partial charge in [-0.3, -0.25) is 0 Å². The van der Waals surface area contributed by atoms with E-state index in [1.54, 1.807) is 0 Å². The summed E-state index contributed by atoms with van der Waals surface area (Å²) >= 11 is 0. The van der Waals surface area contributed by atoms with Gasteiger partial charge in [0.05, 0.1) is 0 Å². The van der Waals surface area contributed by atoms with Crippen molar-refractivity contribution >= 4 is 0 Å². The summed E-state index contributed by atoms with van der Waals surface area (Å²) in [5.41, 5.74) is 1.45. The molecular weight excluding hydrogens is 120 g/mol. The normalized spacial score (nSPS) is 17.8. The van der Waals surface area contributed by atoms with Gasteiger partial charge in [0.1, 0.15) is 0 Å². The Morgan fingerprint density at radius 2 is 2.00 bits per heavy atom. The quantitative estimate of drug-likeness (QED) is 0.511. The molecule has 0 atom stereocenters. The molecule has 0 nitrogen and oxygen atoms in total. The molecule has 0 amide bonds. The van der Waals surface area contributed by atoms with Gasteiger partial charge < -0.3 is 0 Å². The van der Waals surface area contributed by atoms with Crippen LogP contribution in [0.5, 0.6) is 0 Å². The molecule has 0 saturated carbocycles. The fourth-order valence-electron chi connectivity index (χ4n) is 1.27. The Morgan fingerprint density at radius 3 is 2.50 bits per heavy atom. The summed E-state index contributed by atoms with van der Waals surface area (Å²) in [4.78, 5) is 0. The summed E-state index contributed by atoms with van der Waals surface area (Å²) < 4.78 is 0. The maximum absolute atomic E-state index is 2.34. The van der Waals surface area contributed by atoms with E-state index in [0.29, 0.717) is 0 Å². The van der Waals surface area contributed by atoms with Crippen LogP contribution in [0.2, 0.25) is 0 Å². The number of hydrogen-bond acceptors (Lipinski definition) is 0. The SMILES string of the molecule is CC(C)=CCC1CC=CC1. The van der Waals surface area contributed by atoms with Gasteiger partial charge in [0.2, 0.25) is 0 Å². The van der Waals surface area contributed by atoms with Gasteiger partial charge in [0, 0.05) is 0 Å². The summed E-state index contributed by atoms with van der Waals surface area (Å²) in [5, 5.41) is 0. The topological polar surface area (TPSA) is 0 Å². The van der Waals surface area contributed by atoms with E-state index in [9.17, 15) is 0 Å². The van der Waals surface area contributed by atoms with Crippen LogP contribution >= 0.6 is 0 Å². The Bertz CT molecular complexity index is 139. The highest BCUT2D eigenvalue weighted by Crippen LogP contribution is 2.21. The second kappa shape index (κ2) is 3.60. The van der Waals surface area contributed by atoms with Crippen molar-refractivity contribution in [1.29, 1.82) is 0 Å². The lowest BCUT2D eigenvalue weighted by molar-refractivity contribution is 0.578. The molecular formula is C10H16. The average Bonchev–Trinajstić information content (AvgIpc) is 2.34. The third kappa shape index (κ3) is 2.38. The molecule has 0 aromatic carbocycles. The summed E-state index contributed by atoms with van der Waals surface area (Å²) in [5.74, 6) is 0.912. The molecule has 0 heteroatoms. The molecule has 0 unspecified atom stereocenters. The minimum Gasteiger partial charge on any atom is -0.0882 e. The average molecular weight is 136 g/mol. The molecule has 56 valence electrons. The van der Waals surface area contributed by atoms with E-state index in [1.165, 1.54) is 24.8 Å². The Kier molecular flexibility index (Phi) is 2.73. The molecule has 0 bridgehead atoms. The second-order valence-electron chi connectivity index (χ2n) is 3.33. The van der Waals surface area contributed by atoms with Crippen LogP contribution in [0.3, 0.4) is 0 Å². The highest BCUT2D eigenvalue weighted by molar-refractivity contribution is 5.00.